The second-order valence-electron chi connectivity index (χ2n) is 6.41. The van der Waals surface area contributed by atoms with Gasteiger partial charge in [0.25, 0.3) is 0 Å². The molecule has 0 spiro atoms. The summed E-state index contributed by atoms with van der Waals surface area (Å²) in [7, 11) is 0. The third kappa shape index (κ3) is 3.86. The van der Waals surface area contributed by atoms with Crippen LogP contribution in [0.4, 0.5) is 13.2 Å². The van der Waals surface area contributed by atoms with Gasteiger partial charge >= 0.3 is 12.1 Å². The smallest absolute Gasteiger partial charge is 0.444 e. The first kappa shape index (κ1) is 18.8. The molecule has 10 heteroatoms. The van der Waals surface area contributed by atoms with Crippen LogP contribution < -0.4 is 10.4 Å². The zero-order valence-electron chi connectivity index (χ0n) is 15.4. The first-order chi connectivity index (χ1) is 13.7. The van der Waals surface area contributed by atoms with Crippen LogP contribution in [0.3, 0.4) is 0 Å². The third-order valence-corrected chi connectivity index (χ3v) is 4.36. The van der Waals surface area contributed by atoms with Gasteiger partial charge in [0.1, 0.15) is 18.1 Å². The van der Waals surface area contributed by atoms with Gasteiger partial charge in [0.15, 0.2) is 5.65 Å². The fourth-order valence-corrected chi connectivity index (χ4v) is 2.88. The van der Waals surface area contributed by atoms with Crippen LogP contribution in [0, 0.1) is 13.8 Å². The van der Waals surface area contributed by atoms with E-state index < -0.39 is 6.36 Å². The second-order valence-corrected chi connectivity index (χ2v) is 6.41. The molecular formula is C19H15F3N4O3. The lowest BCUT2D eigenvalue weighted by Crippen LogP contribution is -2.21. The third-order valence-electron chi connectivity index (χ3n) is 4.36. The topological polar surface area (TPSA) is 74.6 Å². The molecule has 0 unspecified atom stereocenters. The van der Waals surface area contributed by atoms with E-state index in [-0.39, 0.29) is 18.0 Å². The molecule has 0 aliphatic rings. The molecule has 0 radical (unpaired) electrons. The van der Waals surface area contributed by atoms with Gasteiger partial charge < -0.3 is 9.15 Å². The van der Waals surface area contributed by atoms with Crippen molar-refractivity contribution in [3.63, 3.8) is 0 Å². The molecule has 0 atom stereocenters. The minimum atomic E-state index is -4.75. The van der Waals surface area contributed by atoms with Gasteiger partial charge in [-0.05, 0) is 49.2 Å². The lowest BCUT2D eigenvalue weighted by molar-refractivity contribution is -0.274. The monoisotopic (exact) mass is 404 g/mol. The largest absolute Gasteiger partial charge is 0.573 e. The molecule has 0 fully saturated rings. The van der Waals surface area contributed by atoms with Crippen molar-refractivity contribution in [2.24, 2.45) is 0 Å². The Morgan fingerprint density at radius 3 is 2.38 bits per heavy atom. The average Bonchev–Trinajstić information content (AvgIpc) is 3.13. The standard InChI is InChI=1S/C19H15F3N4O3/c1-11-12(2)28-17(23-11)10-26-18(27)25-9-14(5-8-16(25)24-26)13-3-6-15(7-4-13)29-19(20,21)22/h3-9H,10H2,1-2H3. The molecule has 0 amide bonds. The maximum absolute atomic E-state index is 12.7. The first-order valence-corrected chi connectivity index (χ1v) is 8.58. The number of oxazole rings is 1. The highest BCUT2D eigenvalue weighted by molar-refractivity contribution is 5.65. The quantitative estimate of drug-likeness (QED) is 0.518. The van der Waals surface area contributed by atoms with Gasteiger partial charge in [-0.1, -0.05) is 12.1 Å². The summed E-state index contributed by atoms with van der Waals surface area (Å²) in [6.07, 6.45) is -3.17. The summed E-state index contributed by atoms with van der Waals surface area (Å²) in [5.41, 5.74) is 2.06. The Bertz CT molecular complexity index is 1220. The normalized spacial score (nSPS) is 11.9. The predicted octanol–water partition coefficient (Wildman–Crippen LogP) is 3.71. The van der Waals surface area contributed by atoms with E-state index in [1.807, 2.05) is 6.92 Å². The van der Waals surface area contributed by atoms with Crippen LogP contribution in [0.15, 0.2) is 51.8 Å². The fourth-order valence-electron chi connectivity index (χ4n) is 2.88. The zero-order chi connectivity index (χ0) is 20.8. The van der Waals surface area contributed by atoms with Crippen LogP contribution in [-0.4, -0.2) is 25.5 Å². The minimum Gasteiger partial charge on any atom is -0.444 e. The average molecular weight is 404 g/mol. The lowest BCUT2D eigenvalue weighted by atomic mass is 10.1. The van der Waals surface area contributed by atoms with Crippen LogP contribution in [0.5, 0.6) is 5.75 Å². The highest BCUT2D eigenvalue weighted by atomic mass is 19.4. The molecule has 150 valence electrons. The van der Waals surface area contributed by atoms with Crippen LogP contribution in [-0.2, 0) is 6.54 Å². The summed E-state index contributed by atoms with van der Waals surface area (Å²) in [5.74, 6) is 0.742. The summed E-state index contributed by atoms with van der Waals surface area (Å²) < 4.78 is 48.8. The van der Waals surface area contributed by atoms with Crippen LogP contribution >= 0.6 is 0 Å². The van der Waals surface area contributed by atoms with Crippen LogP contribution in [0.25, 0.3) is 16.8 Å². The van der Waals surface area contributed by atoms with Crippen molar-refractivity contribution in [3.8, 4) is 16.9 Å². The lowest BCUT2D eigenvalue weighted by Gasteiger charge is -2.09. The van der Waals surface area contributed by atoms with Crippen LogP contribution in [0.1, 0.15) is 17.3 Å². The summed E-state index contributed by atoms with van der Waals surface area (Å²) in [4.78, 5) is 16.9. The molecule has 4 aromatic rings. The molecule has 3 heterocycles. The number of aromatic nitrogens is 4. The number of alkyl halides is 3. The summed E-state index contributed by atoms with van der Waals surface area (Å²) in [5, 5.41) is 4.26. The summed E-state index contributed by atoms with van der Waals surface area (Å²) >= 11 is 0. The zero-order valence-corrected chi connectivity index (χ0v) is 15.4. The molecule has 0 saturated heterocycles. The van der Waals surface area contributed by atoms with Crippen molar-refractivity contribution in [1.82, 2.24) is 19.2 Å². The Morgan fingerprint density at radius 1 is 1.07 bits per heavy atom. The van der Waals surface area contributed by atoms with E-state index in [0.717, 1.165) is 5.69 Å². The molecule has 0 N–H and O–H groups in total. The Labute approximate surface area is 162 Å². The number of pyridine rings is 1. The van der Waals surface area contributed by atoms with Gasteiger partial charge in [-0.25, -0.2) is 18.9 Å². The number of benzene rings is 1. The van der Waals surface area contributed by atoms with Gasteiger partial charge in [-0.3, -0.25) is 0 Å². The van der Waals surface area contributed by atoms with Gasteiger partial charge in [0.2, 0.25) is 5.89 Å². The van der Waals surface area contributed by atoms with E-state index in [1.54, 1.807) is 25.3 Å². The molecular weight excluding hydrogens is 389 g/mol. The van der Waals surface area contributed by atoms with Crippen molar-refractivity contribution < 1.29 is 22.3 Å². The van der Waals surface area contributed by atoms with Crippen LogP contribution in [0.2, 0.25) is 0 Å². The Balaban J connectivity index is 1.64. The molecule has 1 aromatic carbocycles. The number of aryl methyl sites for hydroxylation is 2. The van der Waals surface area contributed by atoms with E-state index in [0.29, 0.717) is 28.4 Å². The van der Waals surface area contributed by atoms with E-state index in [1.165, 1.54) is 33.3 Å². The van der Waals surface area contributed by atoms with E-state index in [4.69, 9.17) is 4.42 Å². The van der Waals surface area contributed by atoms with Gasteiger partial charge in [-0.2, -0.15) is 0 Å². The molecule has 0 aliphatic heterocycles. The molecule has 4 rings (SSSR count). The number of hydrogen-bond donors (Lipinski definition) is 0. The molecule has 0 bridgehead atoms. The molecule has 3 aromatic heterocycles. The second kappa shape index (κ2) is 6.80. The SMILES string of the molecule is Cc1nc(Cn2nc3ccc(-c4ccc(OC(F)(F)F)cc4)cn3c2=O)oc1C. The van der Waals surface area contributed by atoms with Gasteiger partial charge in [0.05, 0.1) is 5.69 Å². The van der Waals surface area contributed by atoms with Crippen molar-refractivity contribution in [2.75, 3.05) is 0 Å². The van der Waals surface area contributed by atoms with Crippen molar-refractivity contribution in [2.45, 2.75) is 26.8 Å². The van der Waals surface area contributed by atoms with Gasteiger partial charge in [0, 0.05) is 6.20 Å². The minimum absolute atomic E-state index is 0.0913. The number of rotatable bonds is 4. The number of halogens is 3. The Kier molecular flexibility index (Phi) is 4.40. The highest BCUT2D eigenvalue weighted by Crippen LogP contribution is 2.26. The summed E-state index contributed by atoms with van der Waals surface area (Å²) in [6.45, 7) is 3.69. The summed E-state index contributed by atoms with van der Waals surface area (Å²) in [6, 6.07) is 8.77. The van der Waals surface area contributed by atoms with E-state index >= 15 is 0 Å². The fraction of sp³-hybridized carbons (Fsp3) is 0.211. The van der Waals surface area contributed by atoms with Crippen molar-refractivity contribution in [3.05, 3.63) is 70.4 Å². The van der Waals surface area contributed by atoms with Crippen molar-refractivity contribution in [1.29, 1.82) is 0 Å². The number of hydrogen-bond acceptors (Lipinski definition) is 5. The molecule has 29 heavy (non-hydrogen) atoms. The highest BCUT2D eigenvalue weighted by Gasteiger charge is 2.31. The number of nitrogens with zero attached hydrogens (tertiary/aromatic N) is 4. The molecule has 0 aliphatic carbocycles. The predicted molar refractivity (Wildman–Crippen MR) is 96.7 cm³/mol. The molecule has 7 nitrogen and oxygen atoms in total. The van der Waals surface area contributed by atoms with E-state index in [9.17, 15) is 18.0 Å². The number of fused-ring (bicyclic) bond motifs is 1. The Hall–Kier alpha value is -3.56. The first-order valence-electron chi connectivity index (χ1n) is 8.58. The maximum Gasteiger partial charge on any atom is 0.573 e. The number of ether oxygens (including phenoxy) is 1. The van der Waals surface area contributed by atoms with E-state index in [2.05, 4.69) is 14.8 Å². The van der Waals surface area contributed by atoms with Gasteiger partial charge in [-0.15, -0.1) is 18.3 Å². The maximum atomic E-state index is 12.7. The molecule has 0 saturated carbocycles. The van der Waals surface area contributed by atoms with Crippen molar-refractivity contribution >= 4 is 5.65 Å². The Morgan fingerprint density at radius 2 is 1.76 bits per heavy atom.